The van der Waals surface area contributed by atoms with Crippen LogP contribution in [-0.2, 0) is 16.6 Å². The van der Waals surface area contributed by atoms with Gasteiger partial charge in [-0.1, -0.05) is 0 Å². The second-order valence-corrected chi connectivity index (χ2v) is 6.14. The second kappa shape index (κ2) is 5.30. The summed E-state index contributed by atoms with van der Waals surface area (Å²) in [6.07, 6.45) is -4.35. The number of benzene rings is 1. The van der Waals surface area contributed by atoms with Gasteiger partial charge < -0.3 is 4.57 Å². The van der Waals surface area contributed by atoms with Gasteiger partial charge in [-0.15, -0.1) is 0 Å². The summed E-state index contributed by atoms with van der Waals surface area (Å²) >= 11 is 0. The Bertz CT molecular complexity index is 765. The van der Waals surface area contributed by atoms with Crippen LogP contribution in [0.5, 0.6) is 0 Å². The highest BCUT2D eigenvalue weighted by Gasteiger charge is 2.26. The highest BCUT2D eigenvalue weighted by molar-refractivity contribution is 7.89. The summed E-state index contributed by atoms with van der Waals surface area (Å²) in [6.45, 7) is -0.0445. The monoisotopic (exact) mass is 324 g/mol. The van der Waals surface area contributed by atoms with Crippen LogP contribution in [0.3, 0.4) is 0 Å². The third-order valence-corrected chi connectivity index (χ3v) is 3.91. The van der Waals surface area contributed by atoms with Crippen molar-refractivity contribution in [3.05, 3.63) is 30.2 Å². The first kappa shape index (κ1) is 15.8. The standard InChI is InChI=1S/C12H12F4N2O2S/c13-8-2-3-10-9(6-8)11(21(17,19)20)7-18(10)5-1-4-12(14,15)16/h2-3,6-7H,1,4-5H2,(H2,17,19,20). The predicted molar refractivity (Wildman–Crippen MR) is 68.6 cm³/mol. The van der Waals surface area contributed by atoms with E-state index in [1.807, 2.05) is 0 Å². The molecule has 21 heavy (non-hydrogen) atoms. The Morgan fingerprint density at radius 2 is 1.90 bits per heavy atom. The first-order valence-corrected chi connectivity index (χ1v) is 7.50. The van der Waals surface area contributed by atoms with E-state index in [2.05, 4.69) is 0 Å². The van der Waals surface area contributed by atoms with Crippen LogP contribution in [0.1, 0.15) is 12.8 Å². The highest BCUT2D eigenvalue weighted by atomic mass is 32.2. The van der Waals surface area contributed by atoms with Crippen molar-refractivity contribution in [2.24, 2.45) is 5.14 Å². The van der Waals surface area contributed by atoms with Crippen LogP contribution in [-0.4, -0.2) is 19.2 Å². The maximum Gasteiger partial charge on any atom is 0.389 e. The minimum atomic E-state index is -4.28. The van der Waals surface area contributed by atoms with Gasteiger partial charge in [-0.25, -0.2) is 17.9 Å². The molecule has 116 valence electrons. The summed E-state index contributed by atoms with van der Waals surface area (Å²) in [7, 11) is -4.09. The van der Waals surface area contributed by atoms with E-state index in [0.717, 1.165) is 18.3 Å². The molecule has 0 aliphatic rings. The molecule has 2 N–H and O–H groups in total. The number of primary sulfonamides is 1. The SMILES string of the molecule is NS(=O)(=O)c1cn(CCCC(F)(F)F)c2ccc(F)cc12. The highest BCUT2D eigenvalue weighted by Crippen LogP contribution is 2.27. The summed E-state index contributed by atoms with van der Waals surface area (Å²) in [5, 5.41) is 5.10. The Kier molecular flexibility index (Phi) is 3.98. The minimum absolute atomic E-state index is 0.0445. The molecule has 2 rings (SSSR count). The molecule has 0 bridgehead atoms. The summed E-state index contributed by atoms with van der Waals surface area (Å²) in [4.78, 5) is -0.302. The first-order valence-electron chi connectivity index (χ1n) is 5.96. The first-order chi connectivity index (χ1) is 9.58. The van der Waals surface area contributed by atoms with E-state index in [-0.39, 0.29) is 23.2 Å². The molecule has 0 fully saturated rings. The van der Waals surface area contributed by atoms with Gasteiger partial charge in [-0.05, 0) is 24.6 Å². The van der Waals surface area contributed by atoms with Gasteiger partial charge in [0.25, 0.3) is 0 Å². The zero-order valence-electron chi connectivity index (χ0n) is 10.7. The van der Waals surface area contributed by atoms with E-state index in [1.165, 1.54) is 10.6 Å². The van der Waals surface area contributed by atoms with Crippen LogP contribution < -0.4 is 5.14 Å². The van der Waals surface area contributed by atoms with Crippen molar-refractivity contribution in [1.29, 1.82) is 0 Å². The lowest BCUT2D eigenvalue weighted by Crippen LogP contribution is -2.12. The van der Waals surface area contributed by atoms with Crippen LogP contribution in [0.25, 0.3) is 10.9 Å². The summed E-state index contributed by atoms with van der Waals surface area (Å²) in [5.41, 5.74) is 0.322. The Labute approximate surface area is 118 Å². The number of aryl methyl sites for hydroxylation is 1. The molecule has 0 aliphatic carbocycles. The molecule has 0 aliphatic heterocycles. The minimum Gasteiger partial charge on any atom is -0.346 e. The number of hydrogen-bond acceptors (Lipinski definition) is 2. The Morgan fingerprint density at radius 3 is 2.48 bits per heavy atom. The van der Waals surface area contributed by atoms with Crippen molar-refractivity contribution in [2.75, 3.05) is 0 Å². The number of hydrogen-bond donors (Lipinski definition) is 1. The van der Waals surface area contributed by atoms with E-state index in [0.29, 0.717) is 5.52 Å². The predicted octanol–water partition coefficient (Wildman–Crippen LogP) is 2.77. The number of aromatic nitrogens is 1. The molecular formula is C12H12F4N2O2S. The number of alkyl halides is 3. The Balaban J connectivity index is 2.41. The smallest absolute Gasteiger partial charge is 0.346 e. The zero-order valence-corrected chi connectivity index (χ0v) is 11.5. The molecule has 0 radical (unpaired) electrons. The van der Waals surface area contributed by atoms with Gasteiger partial charge >= 0.3 is 6.18 Å². The lowest BCUT2D eigenvalue weighted by Gasteiger charge is -2.07. The third kappa shape index (κ3) is 3.73. The summed E-state index contributed by atoms with van der Waals surface area (Å²) in [5.74, 6) is -0.652. The third-order valence-electron chi connectivity index (χ3n) is 2.97. The summed E-state index contributed by atoms with van der Waals surface area (Å²) < 4.78 is 73.9. The lowest BCUT2D eigenvalue weighted by atomic mass is 10.2. The topological polar surface area (TPSA) is 65.1 Å². The average molecular weight is 324 g/mol. The molecule has 0 unspecified atom stereocenters. The van der Waals surface area contributed by atoms with E-state index in [4.69, 9.17) is 5.14 Å². The van der Waals surface area contributed by atoms with E-state index in [1.54, 1.807) is 0 Å². The van der Waals surface area contributed by atoms with Crippen LogP contribution in [0.15, 0.2) is 29.3 Å². The molecule has 4 nitrogen and oxygen atoms in total. The Hall–Kier alpha value is -1.61. The maximum absolute atomic E-state index is 13.2. The van der Waals surface area contributed by atoms with Gasteiger partial charge in [0.15, 0.2) is 0 Å². The molecule has 0 saturated heterocycles. The van der Waals surface area contributed by atoms with Crippen molar-refractivity contribution in [1.82, 2.24) is 4.57 Å². The molecular weight excluding hydrogens is 312 g/mol. The van der Waals surface area contributed by atoms with Gasteiger partial charge in [0.05, 0.1) is 0 Å². The van der Waals surface area contributed by atoms with E-state index < -0.39 is 28.4 Å². The van der Waals surface area contributed by atoms with Crippen LogP contribution in [0.4, 0.5) is 17.6 Å². The molecule has 0 atom stereocenters. The number of rotatable bonds is 4. The fourth-order valence-corrected chi connectivity index (χ4v) is 2.84. The Morgan fingerprint density at radius 1 is 1.24 bits per heavy atom. The van der Waals surface area contributed by atoms with Gasteiger partial charge in [-0.2, -0.15) is 13.2 Å². The largest absolute Gasteiger partial charge is 0.389 e. The van der Waals surface area contributed by atoms with E-state index >= 15 is 0 Å². The average Bonchev–Trinajstić information content (AvgIpc) is 2.65. The van der Waals surface area contributed by atoms with Gasteiger partial charge in [0.1, 0.15) is 10.7 Å². The molecule has 0 spiro atoms. The molecule has 1 heterocycles. The van der Waals surface area contributed by atoms with Crippen LogP contribution >= 0.6 is 0 Å². The number of sulfonamides is 1. The molecule has 1 aromatic carbocycles. The van der Waals surface area contributed by atoms with Gasteiger partial charge in [-0.3, -0.25) is 0 Å². The quantitative estimate of drug-likeness (QED) is 0.879. The molecule has 9 heteroatoms. The molecule has 0 saturated carbocycles. The van der Waals surface area contributed by atoms with Crippen molar-refractivity contribution >= 4 is 20.9 Å². The normalized spacial score (nSPS) is 13.0. The zero-order chi connectivity index (χ0) is 15.8. The van der Waals surface area contributed by atoms with Crippen LogP contribution in [0.2, 0.25) is 0 Å². The second-order valence-electron chi connectivity index (χ2n) is 4.61. The number of fused-ring (bicyclic) bond motifs is 1. The fourth-order valence-electron chi connectivity index (χ4n) is 2.10. The van der Waals surface area contributed by atoms with Crippen LogP contribution in [0, 0.1) is 5.82 Å². The van der Waals surface area contributed by atoms with Crippen molar-refractivity contribution in [3.63, 3.8) is 0 Å². The van der Waals surface area contributed by atoms with Gasteiger partial charge in [0.2, 0.25) is 10.0 Å². The molecule has 0 amide bonds. The lowest BCUT2D eigenvalue weighted by molar-refractivity contribution is -0.135. The number of nitrogens with two attached hydrogens (primary N) is 1. The van der Waals surface area contributed by atoms with Gasteiger partial charge in [0, 0.05) is 30.1 Å². The summed E-state index contributed by atoms with van der Waals surface area (Å²) in [6, 6.07) is 3.41. The van der Waals surface area contributed by atoms with E-state index in [9.17, 15) is 26.0 Å². The molecule has 2 aromatic rings. The fraction of sp³-hybridized carbons (Fsp3) is 0.333. The van der Waals surface area contributed by atoms with Crippen molar-refractivity contribution < 1.29 is 26.0 Å². The molecule has 1 aromatic heterocycles. The van der Waals surface area contributed by atoms with Crippen molar-refractivity contribution in [3.8, 4) is 0 Å². The maximum atomic E-state index is 13.2. The number of halogens is 4. The van der Waals surface area contributed by atoms with Crippen molar-refractivity contribution in [2.45, 2.75) is 30.5 Å². The number of nitrogens with zero attached hydrogens (tertiary/aromatic N) is 1.